The van der Waals surface area contributed by atoms with Gasteiger partial charge in [-0.15, -0.1) is 11.3 Å². The van der Waals surface area contributed by atoms with Crippen molar-refractivity contribution in [2.75, 3.05) is 31.6 Å². The minimum Gasteiger partial charge on any atom is -0.462 e. The van der Waals surface area contributed by atoms with Crippen molar-refractivity contribution in [2.24, 2.45) is 0 Å². The van der Waals surface area contributed by atoms with Gasteiger partial charge in [-0.3, -0.25) is 9.59 Å². The molecule has 10 heteroatoms. The Kier molecular flexibility index (Phi) is 7.21. The molecule has 1 saturated heterocycles. The van der Waals surface area contributed by atoms with E-state index in [9.17, 15) is 19.2 Å². The normalized spacial score (nSPS) is 13.7. The number of carbonyl (C=O) groups excluding carboxylic acids is 4. The van der Waals surface area contributed by atoms with Crippen LogP contribution in [0.5, 0.6) is 0 Å². The first-order valence-electron chi connectivity index (χ1n) is 10.3. The van der Waals surface area contributed by atoms with E-state index in [-0.39, 0.29) is 29.7 Å². The molecule has 2 aromatic heterocycles. The molecule has 0 atom stereocenters. The third kappa shape index (κ3) is 4.84. The number of esters is 2. The van der Waals surface area contributed by atoms with Crippen molar-refractivity contribution in [1.82, 2.24) is 9.88 Å². The monoisotopic (exact) mass is 447 g/mol. The molecule has 3 heterocycles. The van der Waals surface area contributed by atoms with Crippen molar-refractivity contribution in [2.45, 2.75) is 40.0 Å². The lowest BCUT2D eigenvalue weighted by atomic mass is 10.1. The molecule has 1 aliphatic rings. The Bertz CT molecular complexity index is 1030. The Morgan fingerprint density at radius 1 is 1.10 bits per heavy atom. The zero-order valence-corrected chi connectivity index (χ0v) is 18.6. The molecule has 2 amide bonds. The van der Waals surface area contributed by atoms with Gasteiger partial charge >= 0.3 is 17.8 Å². The van der Waals surface area contributed by atoms with Gasteiger partial charge in [-0.2, -0.15) is 0 Å². The summed E-state index contributed by atoms with van der Waals surface area (Å²) in [6, 6.07) is 1.64. The van der Waals surface area contributed by atoms with Crippen LogP contribution in [0.25, 0.3) is 10.2 Å². The number of piperidine rings is 1. The maximum absolute atomic E-state index is 13.3. The lowest BCUT2D eigenvalue weighted by Crippen LogP contribution is -2.35. The number of pyridine rings is 1. The zero-order chi connectivity index (χ0) is 22.5. The maximum atomic E-state index is 13.3. The molecule has 0 aromatic carbocycles. The van der Waals surface area contributed by atoms with Crippen LogP contribution >= 0.6 is 11.3 Å². The Hall–Kier alpha value is -3.01. The third-order valence-electron chi connectivity index (χ3n) is 4.82. The van der Waals surface area contributed by atoms with E-state index < -0.39 is 17.8 Å². The molecular weight excluding hydrogens is 422 g/mol. The summed E-state index contributed by atoms with van der Waals surface area (Å²) in [4.78, 5) is 56.9. The standard InChI is InChI=1S/C21H25N3O6S/c1-4-29-20(27)16-15(23-17(25)21(28)30-5-2)14-13(11-12(3)22-18(14)31-16)19(26)24-9-7-6-8-10-24/h11H,4-10H2,1-3H3,(H,23,25). The maximum Gasteiger partial charge on any atom is 0.397 e. The minimum absolute atomic E-state index is 0.0286. The number of nitrogens with zero attached hydrogens (tertiary/aromatic N) is 2. The van der Waals surface area contributed by atoms with Gasteiger partial charge in [0.25, 0.3) is 5.91 Å². The topological polar surface area (TPSA) is 115 Å². The van der Waals surface area contributed by atoms with Crippen molar-refractivity contribution in [3.63, 3.8) is 0 Å². The quantitative estimate of drug-likeness (QED) is 0.553. The molecule has 0 bridgehead atoms. The van der Waals surface area contributed by atoms with Crippen molar-refractivity contribution < 1.29 is 28.7 Å². The van der Waals surface area contributed by atoms with E-state index in [1.54, 1.807) is 31.7 Å². The number of aryl methyl sites for hydroxylation is 1. The van der Waals surface area contributed by atoms with Gasteiger partial charge in [0.2, 0.25) is 0 Å². The average molecular weight is 448 g/mol. The first-order chi connectivity index (χ1) is 14.9. The van der Waals surface area contributed by atoms with Gasteiger partial charge < -0.3 is 19.7 Å². The van der Waals surface area contributed by atoms with Crippen LogP contribution in [0.2, 0.25) is 0 Å². The van der Waals surface area contributed by atoms with E-state index in [0.29, 0.717) is 34.6 Å². The minimum atomic E-state index is -1.08. The Balaban J connectivity index is 2.15. The highest BCUT2D eigenvalue weighted by atomic mass is 32.1. The van der Waals surface area contributed by atoms with E-state index in [2.05, 4.69) is 10.3 Å². The smallest absolute Gasteiger partial charge is 0.397 e. The number of anilines is 1. The van der Waals surface area contributed by atoms with Gasteiger partial charge in [-0.25, -0.2) is 14.6 Å². The molecule has 31 heavy (non-hydrogen) atoms. The SMILES string of the molecule is CCOC(=O)C(=O)Nc1c(C(=O)OCC)sc2nc(C)cc(C(=O)N3CCCCC3)c12. The van der Waals surface area contributed by atoms with E-state index in [1.807, 2.05) is 0 Å². The number of fused-ring (bicyclic) bond motifs is 1. The van der Waals surface area contributed by atoms with Crippen LogP contribution in [0.1, 0.15) is 58.8 Å². The van der Waals surface area contributed by atoms with Gasteiger partial charge in [0, 0.05) is 24.2 Å². The molecule has 0 radical (unpaired) electrons. The van der Waals surface area contributed by atoms with Gasteiger partial charge in [0.05, 0.1) is 24.5 Å². The molecule has 0 saturated carbocycles. The summed E-state index contributed by atoms with van der Waals surface area (Å²) in [5.41, 5.74) is 0.979. The van der Waals surface area contributed by atoms with Crippen LogP contribution in [-0.2, 0) is 19.1 Å². The summed E-state index contributed by atoms with van der Waals surface area (Å²) >= 11 is 1.01. The molecule has 3 rings (SSSR count). The average Bonchev–Trinajstić information content (AvgIpc) is 3.11. The van der Waals surface area contributed by atoms with Crippen molar-refractivity contribution in [1.29, 1.82) is 0 Å². The molecule has 0 aliphatic carbocycles. The summed E-state index contributed by atoms with van der Waals surface area (Å²) in [6.07, 6.45) is 2.91. The van der Waals surface area contributed by atoms with Gasteiger partial charge in [-0.05, 0) is 46.1 Å². The van der Waals surface area contributed by atoms with Gasteiger partial charge in [0.15, 0.2) is 0 Å². The number of hydrogen-bond acceptors (Lipinski definition) is 8. The number of aromatic nitrogens is 1. The molecule has 0 unspecified atom stereocenters. The van der Waals surface area contributed by atoms with Crippen LogP contribution in [0.15, 0.2) is 6.07 Å². The van der Waals surface area contributed by atoms with Gasteiger partial charge in [0.1, 0.15) is 9.71 Å². The summed E-state index contributed by atoms with van der Waals surface area (Å²) in [6.45, 7) is 6.44. The van der Waals surface area contributed by atoms with E-state index in [0.717, 1.165) is 30.6 Å². The first-order valence-corrected chi connectivity index (χ1v) is 11.1. The fourth-order valence-electron chi connectivity index (χ4n) is 3.48. The van der Waals surface area contributed by atoms with Crippen molar-refractivity contribution >= 4 is 51.0 Å². The number of nitrogens with one attached hydrogen (secondary N) is 1. The molecule has 1 N–H and O–H groups in total. The summed E-state index contributed by atoms with van der Waals surface area (Å²) in [7, 11) is 0. The molecule has 9 nitrogen and oxygen atoms in total. The molecule has 166 valence electrons. The van der Waals surface area contributed by atoms with Crippen molar-refractivity contribution in [3.8, 4) is 0 Å². The third-order valence-corrected chi connectivity index (χ3v) is 5.89. The van der Waals surface area contributed by atoms with Crippen LogP contribution in [0.3, 0.4) is 0 Å². The summed E-state index contributed by atoms with van der Waals surface area (Å²) in [5.74, 6) is -2.99. The number of carbonyl (C=O) groups is 4. The van der Waals surface area contributed by atoms with E-state index >= 15 is 0 Å². The van der Waals surface area contributed by atoms with Crippen molar-refractivity contribution in [3.05, 3.63) is 22.2 Å². The zero-order valence-electron chi connectivity index (χ0n) is 17.8. The van der Waals surface area contributed by atoms with Crippen LogP contribution in [-0.4, -0.2) is 59.9 Å². The molecule has 1 aliphatic heterocycles. The number of rotatable bonds is 5. The second-order valence-electron chi connectivity index (χ2n) is 7.05. The molecular formula is C21H25N3O6S. The number of hydrogen-bond donors (Lipinski definition) is 1. The fraction of sp³-hybridized carbons (Fsp3) is 0.476. The molecule has 2 aromatic rings. The van der Waals surface area contributed by atoms with E-state index in [4.69, 9.17) is 9.47 Å². The largest absolute Gasteiger partial charge is 0.462 e. The second-order valence-corrected chi connectivity index (χ2v) is 8.04. The molecule has 1 fully saturated rings. The fourth-order valence-corrected chi connectivity index (χ4v) is 4.57. The predicted molar refractivity (Wildman–Crippen MR) is 115 cm³/mol. The highest BCUT2D eigenvalue weighted by Gasteiger charge is 2.30. The molecule has 0 spiro atoms. The Morgan fingerprint density at radius 3 is 2.42 bits per heavy atom. The Labute approximate surface area is 183 Å². The number of likely N-dealkylation sites (tertiary alicyclic amines) is 1. The second kappa shape index (κ2) is 9.86. The summed E-state index contributed by atoms with van der Waals surface area (Å²) < 4.78 is 9.87. The van der Waals surface area contributed by atoms with E-state index in [1.165, 1.54) is 0 Å². The lowest BCUT2D eigenvalue weighted by molar-refractivity contribution is -0.152. The number of thiophene rings is 1. The highest BCUT2D eigenvalue weighted by molar-refractivity contribution is 7.21. The summed E-state index contributed by atoms with van der Waals surface area (Å²) in [5, 5.41) is 2.79. The highest BCUT2D eigenvalue weighted by Crippen LogP contribution is 2.38. The van der Waals surface area contributed by atoms with Crippen LogP contribution < -0.4 is 5.32 Å². The first kappa shape index (κ1) is 22.7. The van der Waals surface area contributed by atoms with Gasteiger partial charge in [-0.1, -0.05) is 0 Å². The predicted octanol–water partition coefficient (Wildman–Crippen LogP) is 2.91. The lowest BCUT2D eigenvalue weighted by Gasteiger charge is -2.27. The number of ether oxygens (including phenoxy) is 2. The Morgan fingerprint density at radius 2 is 1.77 bits per heavy atom. The van der Waals surface area contributed by atoms with Crippen LogP contribution in [0, 0.1) is 6.92 Å². The number of amides is 2. The van der Waals surface area contributed by atoms with Crippen LogP contribution in [0.4, 0.5) is 5.69 Å².